The molecular formula is C13H18OS2. The number of hydrogen-bond acceptors (Lipinski definition) is 3. The molecule has 1 aromatic carbocycles. The highest BCUT2D eigenvalue weighted by Gasteiger charge is 2.25. The van der Waals surface area contributed by atoms with Crippen LogP contribution in [0.4, 0.5) is 0 Å². The molecule has 3 heteroatoms. The second-order valence-electron chi connectivity index (χ2n) is 4.22. The Balaban J connectivity index is 2.19. The summed E-state index contributed by atoms with van der Waals surface area (Å²) in [5.41, 5.74) is 3.62. The SMILES string of the molecule is Cc1cccc(C(O)C2CSCCS2)c1C. The predicted molar refractivity (Wildman–Crippen MR) is 74.4 cm³/mol. The van der Waals surface area contributed by atoms with E-state index in [1.165, 1.54) is 16.9 Å². The fourth-order valence-corrected chi connectivity index (χ4v) is 4.73. The van der Waals surface area contributed by atoms with Crippen LogP contribution in [-0.4, -0.2) is 27.6 Å². The summed E-state index contributed by atoms with van der Waals surface area (Å²) < 4.78 is 0. The highest BCUT2D eigenvalue weighted by atomic mass is 32.2. The van der Waals surface area contributed by atoms with Gasteiger partial charge in [-0.05, 0) is 30.5 Å². The van der Waals surface area contributed by atoms with E-state index in [4.69, 9.17) is 0 Å². The van der Waals surface area contributed by atoms with Gasteiger partial charge in [0.25, 0.3) is 0 Å². The third kappa shape index (κ3) is 2.58. The van der Waals surface area contributed by atoms with Crippen molar-refractivity contribution in [1.82, 2.24) is 0 Å². The van der Waals surface area contributed by atoms with Crippen LogP contribution in [0.25, 0.3) is 0 Å². The fourth-order valence-electron chi connectivity index (χ4n) is 1.98. The summed E-state index contributed by atoms with van der Waals surface area (Å²) in [6.07, 6.45) is -0.308. The Bertz CT molecular complexity index is 359. The Morgan fingerprint density at radius 1 is 1.31 bits per heavy atom. The Morgan fingerprint density at radius 2 is 2.12 bits per heavy atom. The first-order chi connectivity index (χ1) is 7.70. The number of thioether (sulfide) groups is 2. The first-order valence-corrected chi connectivity index (χ1v) is 7.84. The predicted octanol–water partition coefficient (Wildman–Crippen LogP) is 3.19. The van der Waals surface area contributed by atoms with Crippen molar-refractivity contribution in [2.24, 2.45) is 0 Å². The molecule has 0 spiro atoms. The first kappa shape index (κ1) is 12.3. The van der Waals surface area contributed by atoms with E-state index in [0.29, 0.717) is 5.25 Å². The second kappa shape index (κ2) is 5.48. The molecule has 1 aromatic rings. The number of hydrogen-bond donors (Lipinski definition) is 1. The van der Waals surface area contributed by atoms with Crippen LogP contribution in [0, 0.1) is 13.8 Å². The van der Waals surface area contributed by atoms with Crippen molar-refractivity contribution in [1.29, 1.82) is 0 Å². The molecule has 0 saturated carbocycles. The van der Waals surface area contributed by atoms with Crippen LogP contribution >= 0.6 is 23.5 Å². The van der Waals surface area contributed by atoms with E-state index in [1.54, 1.807) is 0 Å². The van der Waals surface area contributed by atoms with Gasteiger partial charge in [0.15, 0.2) is 0 Å². The quantitative estimate of drug-likeness (QED) is 0.875. The van der Waals surface area contributed by atoms with Crippen molar-refractivity contribution in [2.75, 3.05) is 17.3 Å². The molecule has 2 rings (SSSR count). The minimum Gasteiger partial charge on any atom is -0.387 e. The maximum Gasteiger partial charge on any atom is 0.0919 e. The molecule has 0 aliphatic carbocycles. The molecule has 1 aliphatic rings. The van der Waals surface area contributed by atoms with E-state index in [9.17, 15) is 5.11 Å². The standard InChI is InChI=1S/C13H18OS2/c1-9-4-3-5-11(10(9)2)13(14)12-8-15-6-7-16-12/h3-5,12-14H,6-8H2,1-2H3. The zero-order valence-corrected chi connectivity index (χ0v) is 11.4. The molecule has 0 bridgehead atoms. The molecule has 1 heterocycles. The summed E-state index contributed by atoms with van der Waals surface area (Å²) in [6.45, 7) is 4.21. The first-order valence-electron chi connectivity index (χ1n) is 5.63. The number of rotatable bonds is 2. The van der Waals surface area contributed by atoms with E-state index in [2.05, 4.69) is 26.0 Å². The van der Waals surface area contributed by atoms with Gasteiger partial charge in [-0.1, -0.05) is 18.2 Å². The minimum atomic E-state index is -0.308. The van der Waals surface area contributed by atoms with Crippen molar-refractivity contribution >= 4 is 23.5 Å². The van der Waals surface area contributed by atoms with E-state index >= 15 is 0 Å². The summed E-state index contributed by atoms with van der Waals surface area (Å²) in [4.78, 5) is 0. The largest absolute Gasteiger partial charge is 0.387 e. The van der Waals surface area contributed by atoms with Crippen molar-refractivity contribution in [3.8, 4) is 0 Å². The third-order valence-electron chi connectivity index (χ3n) is 3.16. The molecule has 1 saturated heterocycles. The molecule has 2 unspecified atom stereocenters. The van der Waals surface area contributed by atoms with Gasteiger partial charge < -0.3 is 5.11 Å². The molecule has 0 amide bonds. The normalized spacial score (nSPS) is 23.1. The van der Waals surface area contributed by atoms with Gasteiger partial charge in [0.05, 0.1) is 6.10 Å². The van der Waals surface area contributed by atoms with Gasteiger partial charge in [-0.2, -0.15) is 23.5 Å². The van der Waals surface area contributed by atoms with Gasteiger partial charge in [0.1, 0.15) is 0 Å². The van der Waals surface area contributed by atoms with Crippen molar-refractivity contribution in [3.05, 3.63) is 34.9 Å². The lowest BCUT2D eigenvalue weighted by molar-refractivity contribution is 0.180. The second-order valence-corrected chi connectivity index (χ2v) is 6.72. The molecule has 1 N–H and O–H groups in total. The molecule has 16 heavy (non-hydrogen) atoms. The maximum absolute atomic E-state index is 10.4. The van der Waals surface area contributed by atoms with Crippen LogP contribution < -0.4 is 0 Å². The van der Waals surface area contributed by atoms with E-state index in [1.807, 2.05) is 29.6 Å². The van der Waals surface area contributed by atoms with Gasteiger partial charge in [0.2, 0.25) is 0 Å². The monoisotopic (exact) mass is 254 g/mol. The molecule has 1 aliphatic heterocycles. The van der Waals surface area contributed by atoms with Gasteiger partial charge in [-0.3, -0.25) is 0 Å². The Hall–Kier alpha value is -0.120. The topological polar surface area (TPSA) is 20.2 Å². The minimum absolute atomic E-state index is 0.308. The fraction of sp³-hybridized carbons (Fsp3) is 0.538. The average Bonchev–Trinajstić information content (AvgIpc) is 2.33. The van der Waals surface area contributed by atoms with Gasteiger partial charge >= 0.3 is 0 Å². The van der Waals surface area contributed by atoms with Crippen LogP contribution in [-0.2, 0) is 0 Å². The smallest absolute Gasteiger partial charge is 0.0919 e. The highest BCUT2D eigenvalue weighted by Crippen LogP contribution is 2.35. The molecule has 1 fully saturated rings. The van der Waals surface area contributed by atoms with Gasteiger partial charge in [-0.15, -0.1) is 0 Å². The number of aliphatic hydroxyl groups excluding tert-OH is 1. The summed E-state index contributed by atoms with van der Waals surface area (Å²) in [6, 6.07) is 6.21. The van der Waals surface area contributed by atoms with Crippen LogP contribution in [0.2, 0.25) is 0 Å². The van der Waals surface area contributed by atoms with Crippen molar-refractivity contribution in [3.63, 3.8) is 0 Å². The summed E-state index contributed by atoms with van der Waals surface area (Å²) in [5, 5.41) is 10.8. The van der Waals surface area contributed by atoms with E-state index in [-0.39, 0.29) is 6.10 Å². The summed E-state index contributed by atoms with van der Waals surface area (Å²) in [5.74, 6) is 3.46. The summed E-state index contributed by atoms with van der Waals surface area (Å²) >= 11 is 3.87. The van der Waals surface area contributed by atoms with Gasteiger partial charge in [-0.25, -0.2) is 0 Å². The van der Waals surface area contributed by atoms with Crippen molar-refractivity contribution in [2.45, 2.75) is 25.2 Å². The zero-order chi connectivity index (χ0) is 11.5. The lowest BCUT2D eigenvalue weighted by Crippen LogP contribution is -2.23. The average molecular weight is 254 g/mol. The Kier molecular flexibility index (Phi) is 4.22. The lowest BCUT2D eigenvalue weighted by Gasteiger charge is -2.27. The molecule has 1 nitrogen and oxygen atoms in total. The van der Waals surface area contributed by atoms with Crippen LogP contribution in [0.1, 0.15) is 22.8 Å². The van der Waals surface area contributed by atoms with Gasteiger partial charge in [0, 0.05) is 22.5 Å². The van der Waals surface area contributed by atoms with Crippen molar-refractivity contribution < 1.29 is 5.11 Å². The number of aliphatic hydroxyl groups is 1. The van der Waals surface area contributed by atoms with Crippen LogP contribution in [0.5, 0.6) is 0 Å². The van der Waals surface area contributed by atoms with Crippen LogP contribution in [0.3, 0.4) is 0 Å². The molecule has 0 aromatic heterocycles. The molecule has 2 atom stereocenters. The van der Waals surface area contributed by atoms with E-state index in [0.717, 1.165) is 17.1 Å². The maximum atomic E-state index is 10.4. The Labute approximate surface area is 106 Å². The molecular weight excluding hydrogens is 236 g/mol. The lowest BCUT2D eigenvalue weighted by atomic mass is 9.98. The highest BCUT2D eigenvalue weighted by molar-refractivity contribution is 8.06. The molecule has 88 valence electrons. The number of aryl methyl sites for hydroxylation is 1. The zero-order valence-electron chi connectivity index (χ0n) is 9.77. The molecule has 0 radical (unpaired) electrons. The number of benzene rings is 1. The summed E-state index contributed by atoms with van der Waals surface area (Å²) in [7, 11) is 0. The third-order valence-corrected chi connectivity index (χ3v) is 6.01. The Morgan fingerprint density at radius 3 is 2.81 bits per heavy atom. The van der Waals surface area contributed by atoms with E-state index < -0.39 is 0 Å². The van der Waals surface area contributed by atoms with Crippen LogP contribution in [0.15, 0.2) is 18.2 Å².